The third-order valence-corrected chi connectivity index (χ3v) is 5.69. The van der Waals surface area contributed by atoms with E-state index in [2.05, 4.69) is 39.5 Å². The Kier molecular flexibility index (Phi) is 8.62. The Morgan fingerprint density at radius 3 is 2.71 bits per heavy atom. The second-order valence-electron chi connectivity index (χ2n) is 8.40. The topological polar surface area (TPSA) is 38.7 Å². The first kappa shape index (κ1) is 22.5. The number of unbranched alkanes of at least 4 members (excludes halogenated alkanes) is 2. The highest BCUT2D eigenvalue weighted by molar-refractivity contribution is 5.52. The lowest BCUT2D eigenvalue weighted by Crippen LogP contribution is -2.22. The van der Waals surface area contributed by atoms with Gasteiger partial charge in [-0.05, 0) is 70.1 Å². The summed E-state index contributed by atoms with van der Waals surface area (Å²) in [7, 11) is 1.68. The van der Waals surface area contributed by atoms with Crippen LogP contribution in [0.5, 0.6) is 11.5 Å². The molecule has 0 aromatic heterocycles. The van der Waals surface area contributed by atoms with Crippen LogP contribution in [-0.4, -0.2) is 24.9 Å². The van der Waals surface area contributed by atoms with Gasteiger partial charge in [-0.15, -0.1) is 0 Å². The minimum absolute atomic E-state index is 0.0778. The second-order valence-corrected chi connectivity index (χ2v) is 8.40. The Bertz CT molecular complexity index is 689. The van der Waals surface area contributed by atoms with E-state index in [1.807, 2.05) is 13.0 Å². The lowest BCUT2D eigenvalue weighted by molar-refractivity contribution is 0.0908. The summed E-state index contributed by atoms with van der Waals surface area (Å²) in [5.74, 6) is 1.55. The van der Waals surface area contributed by atoms with Crippen molar-refractivity contribution >= 4 is 0 Å². The highest BCUT2D eigenvalue weighted by Gasteiger charge is 2.31. The molecule has 0 fully saturated rings. The molecule has 3 atom stereocenters. The normalized spacial score (nSPS) is 20.5. The zero-order valence-electron chi connectivity index (χ0n) is 18.4. The monoisotopic (exact) mass is 386 g/mol. The van der Waals surface area contributed by atoms with Gasteiger partial charge in [-0.25, -0.2) is 0 Å². The summed E-state index contributed by atoms with van der Waals surface area (Å²) >= 11 is 0. The fraction of sp³-hybridized carbons (Fsp3) is 0.600. The fourth-order valence-electron chi connectivity index (χ4n) is 4.22. The molecule has 1 aliphatic carbocycles. The minimum atomic E-state index is -0.0778. The van der Waals surface area contributed by atoms with Crippen LogP contribution in [0.15, 0.2) is 35.9 Å². The first-order valence-corrected chi connectivity index (χ1v) is 10.7. The highest BCUT2D eigenvalue weighted by Crippen LogP contribution is 2.47. The van der Waals surface area contributed by atoms with Gasteiger partial charge in [-0.2, -0.15) is 0 Å². The number of aromatic hydroxyl groups is 1. The van der Waals surface area contributed by atoms with Gasteiger partial charge in [0.15, 0.2) is 0 Å². The Morgan fingerprint density at radius 2 is 2.07 bits per heavy atom. The van der Waals surface area contributed by atoms with Crippen molar-refractivity contribution < 1.29 is 14.6 Å². The van der Waals surface area contributed by atoms with E-state index in [1.165, 1.54) is 18.4 Å². The van der Waals surface area contributed by atoms with Gasteiger partial charge in [0.1, 0.15) is 17.6 Å². The van der Waals surface area contributed by atoms with Crippen LogP contribution in [0.4, 0.5) is 0 Å². The molecule has 0 heterocycles. The van der Waals surface area contributed by atoms with E-state index in [-0.39, 0.29) is 12.0 Å². The van der Waals surface area contributed by atoms with E-state index in [0.717, 1.165) is 48.1 Å². The van der Waals surface area contributed by atoms with Crippen molar-refractivity contribution in [3.05, 3.63) is 47.1 Å². The zero-order chi connectivity index (χ0) is 20.7. The standard InChI is InChI=1S/C25H38O3/c1-7-8-9-10-20-14-23(26)25(24(15-20)28-19(5)16-27-6)22-13-18(4)11-12-21(22)17(2)3/h13-15,19,21-22,26H,2,7-12,16H2,1,3-6H3. The molecule has 28 heavy (non-hydrogen) atoms. The molecule has 2 rings (SSSR count). The summed E-state index contributed by atoms with van der Waals surface area (Å²) in [6, 6.07) is 4.07. The van der Waals surface area contributed by atoms with Gasteiger partial charge in [0.2, 0.25) is 0 Å². The van der Waals surface area contributed by atoms with Gasteiger partial charge >= 0.3 is 0 Å². The molecule has 3 heteroatoms. The third-order valence-electron chi connectivity index (χ3n) is 5.69. The van der Waals surface area contributed by atoms with Crippen molar-refractivity contribution in [1.29, 1.82) is 0 Å². The molecule has 1 aromatic rings. The van der Waals surface area contributed by atoms with Gasteiger partial charge in [0.25, 0.3) is 0 Å². The van der Waals surface area contributed by atoms with Crippen molar-refractivity contribution in [1.82, 2.24) is 0 Å². The van der Waals surface area contributed by atoms with E-state index >= 15 is 0 Å². The number of phenolic OH excluding ortho intramolecular Hbond substituents is 1. The number of allylic oxidation sites excluding steroid dienone is 3. The molecule has 1 N–H and O–H groups in total. The predicted molar refractivity (Wildman–Crippen MR) is 117 cm³/mol. The van der Waals surface area contributed by atoms with Crippen LogP contribution in [0.2, 0.25) is 0 Å². The molecule has 1 aliphatic rings. The molecule has 156 valence electrons. The van der Waals surface area contributed by atoms with Crippen molar-refractivity contribution in [3.63, 3.8) is 0 Å². The van der Waals surface area contributed by atoms with E-state index in [4.69, 9.17) is 9.47 Å². The smallest absolute Gasteiger partial charge is 0.127 e. The Balaban J connectivity index is 2.47. The van der Waals surface area contributed by atoms with Gasteiger partial charge in [-0.3, -0.25) is 0 Å². The van der Waals surface area contributed by atoms with E-state index < -0.39 is 0 Å². The average molecular weight is 387 g/mol. The van der Waals surface area contributed by atoms with Crippen LogP contribution in [0, 0.1) is 5.92 Å². The summed E-state index contributed by atoms with van der Waals surface area (Å²) in [5, 5.41) is 11.0. The summed E-state index contributed by atoms with van der Waals surface area (Å²) in [4.78, 5) is 0. The molecule has 0 amide bonds. The van der Waals surface area contributed by atoms with Crippen LogP contribution in [0.25, 0.3) is 0 Å². The maximum Gasteiger partial charge on any atom is 0.127 e. The number of hydrogen-bond donors (Lipinski definition) is 1. The first-order chi connectivity index (χ1) is 13.4. The molecule has 0 saturated carbocycles. The maximum atomic E-state index is 11.0. The van der Waals surface area contributed by atoms with E-state index in [0.29, 0.717) is 18.3 Å². The Labute approximate surface area is 171 Å². The predicted octanol–water partition coefficient (Wildman–Crippen LogP) is 6.55. The van der Waals surface area contributed by atoms with Gasteiger partial charge in [0, 0.05) is 18.6 Å². The fourth-order valence-corrected chi connectivity index (χ4v) is 4.22. The highest BCUT2D eigenvalue weighted by atomic mass is 16.5. The van der Waals surface area contributed by atoms with Gasteiger partial charge in [0.05, 0.1) is 6.61 Å². The number of benzene rings is 1. The molecule has 0 bridgehead atoms. The summed E-state index contributed by atoms with van der Waals surface area (Å²) < 4.78 is 11.6. The molecular weight excluding hydrogens is 348 g/mol. The number of hydrogen-bond acceptors (Lipinski definition) is 3. The number of phenols is 1. The molecule has 1 aromatic carbocycles. The molecule has 0 radical (unpaired) electrons. The number of aryl methyl sites for hydroxylation is 1. The van der Waals surface area contributed by atoms with Crippen molar-refractivity contribution in [3.8, 4) is 11.5 Å². The average Bonchev–Trinajstić information content (AvgIpc) is 2.61. The van der Waals surface area contributed by atoms with Crippen LogP contribution >= 0.6 is 0 Å². The minimum Gasteiger partial charge on any atom is -0.507 e. The van der Waals surface area contributed by atoms with Crippen molar-refractivity contribution in [2.75, 3.05) is 13.7 Å². The second kappa shape index (κ2) is 10.7. The number of ether oxygens (including phenoxy) is 2. The van der Waals surface area contributed by atoms with Crippen LogP contribution < -0.4 is 4.74 Å². The lowest BCUT2D eigenvalue weighted by atomic mass is 9.73. The molecule has 0 spiro atoms. The number of methoxy groups -OCH3 is 1. The first-order valence-electron chi connectivity index (χ1n) is 10.7. The Morgan fingerprint density at radius 1 is 1.32 bits per heavy atom. The summed E-state index contributed by atoms with van der Waals surface area (Å²) in [6.07, 6.45) is 8.83. The van der Waals surface area contributed by atoms with E-state index in [1.54, 1.807) is 7.11 Å². The van der Waals surface area contributed by atoms with Crippen LogP contribution in [0.3, 0.4) is 0 Å². The molecule has 0 aliphatic heterocycles. The van der Waals surface area contributed by atoms with Gasteiger partial charge in [-0.1, -0.05) is 43.6 Å². The van der Waals surface area contributed by atoms with Crippen LogP contribution in [-0.2, 0) is 11.2 Å². The van der Waals surface area contributed by atoms with Crippen molar-refractivity contribution in [2.24, 2.45) is 5.92 Å². The molecular formula is C25H38O3. The molecule has 3 unspecified atom stereocenters. The van der Waals surface area contributed by atoms with Crippen molar-refractivity contribution in [2.45, 2.75) is 78.2 Å². The summed E-state index contributed by atoms with van der Waals surface area (Å²) in [6.45, 7) is 13.2. The lowest BCUT2D eigenvalue weighted by Gasteiger charge is -2.32. The zero-order valence-corrected chi connectivity index (χ0v) is 18.4. The maximum absolute atomic E-state index is 11.0. The molecule has 3 nitrogen and oxygen atoms in total. The SMILES string of the molecule is C=C(C)C1CCC(C)=CC1c1c(O)cc(CCCCC)cc1OC(C)COC. The van der Waals surface area contributed by atoms with Gasteiger partial charge < -0.3 is 14.6 Å². The third kappa shape index (κ3) is 5.88. The largest absolute Gasteiger partial charge is 0.507 e. The quantitative estimate of drug-likeness (QED) is 0.366. The van der Waals surface area contributed by atoms with E-state index in [9.17, 15) is 5.11 Å². The van der Waals surface area contributed by atoms with Crippen LogP contribution in [0.1, 0.15) is 76.8 Å². The molecule has 0 saturated heterocycles. The number of rotatable bonds is 10. The summed E-state index contributed by atoms with van der Waals surface area (Å²) in [5.41, 5.74) is 4.56. The Hall–Kier alpha value is -1.74.